The molecule has 7 heteroatoms. The number of hydrogen-bond donors (Lipinski definition) is 2. The quantitative estimate of drug-likeness (QED) is 0.868. The maximum atomic E-state index is 12.9. The van der Waals surface area contributed by atoms with E-state index in [0.717, 1.165) is 11.3 Å². The van der Waals surface area contributed by atoms with Crippen LogP contribution >= 0.6 is 0 Å². The Morgan fingerprint density at radius 1 is 1.19 bits per heavy atom. The predicted octanol–water partition coefficient (Wildman–Crippen LogP) is 1.20. The van der Waals surface area contributed by atoms with Crippen LogP contribution in [0.1, 0.15) is 36.2 Å². The smallest absolute Gasteiger partial charge is 0.269 e. The van der Waals surface area contributed by atoms with Gasteiger partial charge in [-0.15, -0.1) is 0 Å². The lowest BCUT2D eigenvalue weighted by Gasteiger charge is -2.29. The van der Waals surface area contributed by atoms with E-state index < -0.39 is 0 Å². The van der Waals surface area contributed by atoms with Crippen LogP contribution < -0.4 is 5.56 Å². The number of carbonyl (C=O) groups is 2. The second-order valence-electron chi connectivity index (χ2n) is 7.08. The number of aromatic amines is 2. The molecular formula is C19H22N4O3. The monoisotopic (exact) mass is 354 g/mol. The van der Waals surface area contributed by atoms with E-state index in [4.69, 9.17) is 0 Å². The van der Waals surface area contributed by atoms with Gasteiger partial charge in [-0.1, -0.05) is 30.3 Å². The number of likely N-dealkylation sites (tertiary alicyclic amines) is 1. The Hall–Kier alpha value is -2.83. The molecule has 136 valence electrons. The van der Waals surface area contributed by atoms with Crippen LogP contribution in [0.2, 0.25) is 0 Å². The average Bonchev–Trinajstić information content (AvgIpc) is 3.24. The number of aromatic nitrogens is 2. The minimum absolute atomic E-state index is 0.0110. The molecule has 26 heavy (non-hydrogen) atoms. The van der Waals surface area contributed by atoms with Crippen molar-refractivity contribution in [2.24, 2.45) is 5.92 Å². The molecule has 1 aromatic heterocycles. The lowest BCUT2D eigenvalue weighted by molar-refractivity contribution is -0.136. The molecule has 2 unspecified atom stereocenters. The third-order valence-corrected chi connectivity index (χ3v) is 5.51. The standard InChI is InChI=1S/C19H22N4O3/c1-12(13-5-3-2-4-6-13)23-10-14(9-17(23)24)19(26)22-8-7-16-15(11-22)18(25)21-20-16/h2-6,12,14H,7-11H2,1H3,(H2,20,21,25). The fourth-order valence-electron chi connectivity index (χ4n) is 3.95. The SMILES string of the molecule is CC(c1ccccc1)N1CC(C(=O)N2CCc3[nH][nH]c(=O)c3C2)CC1=O. The molecule has 2 amide bonds. The third kappa shape index (κ3) is 2.83. The van der Waals surface area contributed by atoms with Crippen molar-refractivity contribution in [1.29, 1.82) is 0 Å². The Bertz CT molecular complexity index is 886. The number of benzene rings is 1. The van der Waals surface area contributed by atoms with Gasteiger partial charge in [0.2, 0.25) is 11.8 Å². The van der Waals surface area contributed by atoms with E-state index in [9.17, 15) is 14.4 Å². The van der Waals surface area contributed by atoms with Gasteiger partial charge in [-0.3, -0.25) is 19.5 Å². The van der Waals surface area contributed by atoms with E-state index in [0.29, 0.717) is 31.6 Å². The van der Waals surface area contributed by atoms with Crippen LogP contribution in [0.5, 0.6) is 0 Å². The summed E-state index contributed by atoms with van der Waals surface area (Å²) in [5.74, 6) is -0.363. The number of amides is 2. The molecule has 0 radical (unpaired) electrons. The van der Waals surface area contributed by atoms with E-state index in [1.54, 1.807) is 9.80 Å². The molecule has 0 saturated carbocycles. The predicted molar refractivity (Wildman–Crippen MR) is 95.2 cm³/mol. The Kier molecular flexibility index (Phi) is 4.14. The fourth-order valence-corrected chi connectivity index (χ4v) is 3.95. The molecule has 2 atom stereocenters. The summed E-state index contributed by atoms with van der Waals surface area (Å²) in [6, 6.07) is 9.79. The van der Waals surface area contributed by atoms with Gasteiger partial charge in [0.1, 0.15) is 0 Å². The Morgan fingerprint density at radius 2 is 1.96 bits per heavy atom. The van der Waals surface area contributed by atoms with Crippen molar-refractivity contribution in [3.05, 3.63) is 57.5 Å². The van der Waals surface area contributed by atoms with Crippen molar-refractivity contribution in [3.8, 4) is 0 Å². The highest BCUT2D eigenvalue weighted by Gasteiger charge is 2.39. The Balaban J connectivity index is 1.46. The Labute approximate surface area is 151 Å². The first-order chi connectivity index (χ1) is 12.5. The summed E-state index contributed by atoms with van der Waals surface area (Å²) in [6.45, 7) is 3.30. The van der Waals surface area contributed by atoms with E-state index in [-0.39, 0.29) is 35.8 Å². The van der Waals surface area contributed by atoms with Gasteiger partial charge in [0.05, 0.1) is 24.1 Å². The van der Waals surface area contributed by atoms with Crippen LogP contribution in [-0.4, -0.2) is 44.9 Å². The molecule has 7 nitrogen and oxygen atoms in total. The topological polar surface area (TPSA) is 89.3 Å². The zero-order chi connectivity index (χ0) is 18.3. The normalized spacial score (nSPS) is 21.0. The van der Waals surface area contributed by atoms with Gasteiger partial charge in [-0.05, 0) is 12.5 Å². The van der Waals surface area contributed by atoms with Gasteiger partial charge in [0.25, 0.3) is 5.56 Å². The molecular weight excluding hydrogens is 332 g/mol. The van der Waals surface area contributed by atoms with Gasteiger partial charge in [0.15, 0.2) is 0 Å². The van der Waals surface area contributed by atoms with Gasteiger partial charge < -0.3 is 14.9 Å². The van der Waals surface area contributed by atoms with E-state index in [1.165, 1.54) is 0 Å². The molecule has 0 bridgehead atoms. The second-order valence-corrected chi connectivity index (χ2v) is 7.08. The number of H-pyrrole nitrogens is 2. The molecule has 1 aromatic carbocycles. The summed E-state index contributed by atoms with van der Waals surface area (Å²) >= 11 is 0. The highest BCUT2D eigenvalue weighted by atomic mass is 16.2. The number of carbonyl (C=O) groups excluding carboxylic acids is 2. The molecule has 0 spiro atoms. The Morgan fingerprint density at radius 3 is 2.73 bits per heavy atom. The molecule has 2 N–H and O–H groups in total. The van der Waals surface area contributed by atoms with Crippen LogP contribution in [0.15, 0.2) is 35.1 Å². The van der Waals surface area contributed by atoms with Crippen molar-refractivity contribution in [2.75, 3.05) is 13.1 Å². The summed E-state index contributed by atoms with van der Waals surface area (Å²) in [6.07, 6.45) is 0.869. The number of nitrogens with one attached hydrogen (secondary N) is 2. The molecule has 3 heterocycles. The van der Waals surface area contributed by atoms with Gasteiger partial charge in [-0.2, -0.15) is 0 Å². The minimum Gasteiger partial charge on any atom is -0.337 e. The molecule has 4 rings (SSSR count). The molecule has 2 aromatic rings. The van der Waals surface area contributed by atoms with Crippen molar-refractivity contribution >= 4 is 11.8 Å². The van der Waals surface area contributed by atoms with Crippen molar-refractivity contribution in [2.45, 2.75) is 32.4 Å². The first-order valence-electron chi connectivity index (χ1n) is 8.96. The highest BCUT2D eigenvalue weighted by molar-refractivity contribution is 5.89. The van der Waals surface area contributed by atoms with E-state index in [2.05, 4.69) is 10.2 Å². The third-order valence-electron chi connectivity index (χ3n) is 5.51. The summed E-state index contributed by atoms with van der Waals surface area (Å²) in [5, 5.41) is 5.44. The average molecular weight is 354 g/mol. The molecule has 2 aliphatic heterocycles. The lowest BCUT2D eigenvalue weighted by Crippen LogP contribution is -2.41. The summed E-state index contributed by atoms with van der Waals surface area (Å²) in [7, 11) is 0. The van der Waals surface area contributed by atoms with Gasteiger partial charge >= 0.3 is 0 Å². The lowest BCUT2D eigenvalue weighted by atomic mass is 10.0. The van der Waals surface area contributed by atoms with Crippen LogP contribution in [0, 0.1) is 5.92 Å². The first-order valence-corrected chi connectivity index (χ1v) is 8.96. The summed E-state index contributed by atoms with van der Waals surface area (Å²) in [4.78, 5) is 40.7. The van der Waals surface area contributed by atoms with Crippen LogP contribution in [0.25, 0.3) is 0 Å². The largest absolute Gasteiger partial charge is 0.337 e. The van der Waals surface area contributed by atoms with E-state index in [1.807, 2.05) is 37.3 Å². The van der Waals surface area contributed by atoms with Crippen LogP contribution in [-0.2, 0) is 22.6 Å². The molecule has 2 aliphatic rings. The maximum absolute atomic E-state index is 12.9. The highest BCUT2D eigenvalue weighted by Crippen LogP contribution is 2.30. The summed E-state index contributed by atoms with van der Waals surface area (Å²) < 4.78 is 0. The van der Waals surface area contributed by atoms with Crippen LogP contribution in [0.4, 0.5) is 0 Å². The van der Waals surface area contributed by atoms with Crippen molar-refractivity contribution in [1.82, 2.24) is 20.0 Å². The molecule has 1 saturated heterocycles. The van der Waals surface area contributed by atoms with Gasteiger partial charge in [0, 0.05) is 31.6 Å². The second kappa shape index (κ2) is 6.48. The van der Waals surface area contributed by atoms with E-state index >= 15 is 0 Å². The number of rotatable bonds is 3. The maximum Gasteiger partial charge on any atom is 0.269 e. The number of nitrogens with zero attached hydrogens (tertiary/aromatic N) is 2. The molecule has 0 aliphatic carbocycles. The zero-order valence-corrected chi connectivity index (χ0v) is 14.7. The van der Waals surface area contributed by atoms with Crippen molar-refractivity contribution in [3.63, 3.8) is 0 Å². The number of hydrogen-bond acceptors (Lipinski definition) is 3. The van der Waals surface area contributed by atoms with Crippen molar-refractivity contribution < 1.29 is 9.59 Å². The minimum atomic E-state index is -0.340. The van der Waals surface area contributed by atoms with Gasteiger partial charge in [-0.25, -0.2) is 0 Å². The molecule has 1 fully saturated rings. The summed E-state index contributed by atoms with van der Waals surface area (Å²) in [5.41, 5.74) is 2.40. The first kappa shape index (κ1) is 16.6. The number of fused-ring (bicyclic) bond motifs is 1. The van der Waals surface area contributed by atoms with Crippen LogP contribution in [0.3, 0.4) is 0 Å². The fraction of sp³-hybridized carbons (Fsp3) is 0.421. The zero-order valence-electron chi connectivity index (χ0n) is 14.7.